The minimum atomic E-state index is 0.0320. The molecule has 2 saturated heterocycles. The van der Waals surface area contributed by atoms with Crippen LogP contribution < -0.4 is 5.32 Å². The molecular weight excluding hydrogens is 276 g/mol. The predicted molar refractivity (Wildman–Crippen MR) is 82.5 cm³/mol. The van der Waals surface area contributed by atoms with Crippen molar-refractivity contribution in [3.63, 3.8) is 0 Å². The molecule has 2 atom stereocenters. The summed E-state index contributed by atoms with van der Waals surface area (Å²) in [6.07, 6.45) is 0. The number of amides is 1. The Morgan fingerprint density at radius 1 is 1.32 bits per heavy atom. The van der Waals surface area contributed by atoms with Crippen molar-refractivity contribution in [1.29, 1.82) is 0 Å². The van der Waals surface area contributed by atoms with E-state index >= 15 is 0 Å². The van der Waals surface area contributed by atoms with Crippen molar-refractivity contribution in [1.82, 2.24) is 10.2 Å². The van der Waals surface area contributed by atoms with Gasteiger partial charge in [-0.15, -0.1) is 11.8 Å². The maximum Gasteiger partial charge on any atom is 0.240 e. The summed E-state index contributed by atoms with van der Waals surface area (Å²) in [6.45, 7) is 1.73. The van der Waals surface area contributed by atoms with E-state index in [9.17, 15) is 4.79 Å². The van der Waals surface area contributed by atoms with E-state index in [4.69, 9.17) is 0 Å². The van der Waals surface area contributed by atoms with E-state index in [1.807, 2.05) is 34.5 Å². The SMILES string of the molecule is O=C(C1CSCN1)N1CCSC(c2ccccc2)C1. The van der Waals surface area contributed by atoms with Crippen LogP contribution in [0.15, 0.2) is 30.3 Å². The smallest absolute Gasteiger partial charge is 0.240 e. The molecule has 0 saturated carbocycles. The molecule has 2 heterocycles. The van der Waals surface area contributed by atoms with E-state index in [1.54, 1.807) is 0 Å². The first-order valence-corrected chi connectivity index (χ1v) is 8.81. The highest BCUT2D eigenvalue weighted by molar-refractivity contribution is 7.99. The molecule has 5 heteroatoms. The molecule has 2 fully saturated rings. The summed E-state index contributed by atoms with van der Waals surface area (Å²) in [4.78, 5) is 14.5. The van der Waals surface area contributed by atoms with Gasteiger partial charge in [0.15, 0.2) is 0 Å². The number of nitrogens with zero attached hydrogens (tertiary/aromatic N) is 1. The Morgan fingerprint density at radius 2 is 2.16 bits per heavy atom. The van der Waals surface area contributed by atoms with E-state index < -0.39 is 0 Å². The van der Waals surface area contributed by atoms with Crippen LogP contribution in [0.4, 0.5) is 0 Å². The van der Waals surface area contributed by atoms with Crippen LogP contribution in [0.25, 0.3) is 0 Å². The minimum Gasteiger partial charge on any atom is -0.339 e. The van der Waals surface area contributed by atoms with E-state index in [2.05, 4.69) is 29.6 Å². The average Bonchev–Trinajstić information content (AvgIpc) is 3.02. The molecule has 102 valence electrons. The maximum atomic E-state index is 12.4. The number of carbonyl (C=O) groups excluding carboxylic acids is 1. The Kier molecular flexibility index (Phi) is 4.35. The van der Waals surface area contributed by atoms with Gasteiger partial charge in [-0.3, -0.25) is 10.1 Å². The van der Waals surface area contributed by atoms with Gasteiger partial charge in [0.1, 0.15) is 0 Å². The first kappa shape index (κ1) is 13.3. The molecule has 1 N–H and O–H groups in total. The number of rotatable bonds is 2. The van der Waals surface area contributed by atoms with Crippen LogP contribution >= 0.6 is 23.5 Å². The third-order valence-corrected chi connectivity index (χ3v) is 5.75. The minimum absolute atomic E-state index is 0.0320. The zero-order valence-corrected chi connectivity index (χ0v) is 12.4. The van der Waals surface area contributed by atoms with Gasteiger partial charge in [0.25, 0.3) is 0 Å². The zero-order valence-electron chi connectivity index (χ0n) is 10.7. The lowest BCUT2D eigenvalue weighted by Crippen LogP contribution is -2.48. The van der Waals surface area contributed by atoms with Crippen molar-refractivity contribution in [2.75, 3.05) is 30.5 Å². The standard InChI is InChI=1S/C14H18N2OS2/c17-14(12-9-18-10-15-12)16-6-7-19-13(8-16)11-4-2-1-3-5-11/h1-5,12-13,15H,6-10H2. The molecule has 0 bridgehead atoms. The Labute approximate surface area is 122 Å². The summed E-state index contributed by atoms with van der Waals surface area (Å²) in [5.74, 6) is 3.14. The molecule has 0 aliphatic carbocycles. The molecular formula is C14H18N2OS2. The summed E-state index contributed by atoms with van der Waals surface area (Å²) in [5.41, 5.74) is 1.33. The van der Waals surface area contributed by atoms with Crippen molar-refractivity contribution >= 4 is 29.4 Å². The number of hydrogen-bond acceptors (Lipinski definition) is 4. The largest absolute Gasteiger partial charge is 0.339 e. The number of benzene rings is 1. The molecule has 1 aromatic carbocycles. The van der Waals surface area contributed by atoms with Gasteiger partial charge in [0.05, 0.1) is 6.04 Å². The van der Waals surface area contributed by atoms with Gasteiger partial charge < -0.3 is 4.90 Å². The van der Waals surface area contributed by atoms with Gasteiger partial charge in [0.2, 0.25) is 5.91 Å². The second-order valence-electron chi connectivity index (χ2n) is 4.83. The first-order valence-electron chi connectivity index (χ1n) is 6.61. The molecule has 19 heavy (non-hydrogen) atoms. The normalized spacial score (nSPS) is 27.5. The molecule has 1 aromatic rings. The topological polar surface area (TPSA) is 32.3 Å². The van der Waals surface area contributed by atoms with E-state index in [1.165, 1.54) is 5.56 Å². The lowest BCUT2D eigenvalue weighted by atomic mass is 10.1. The first-order chi connectivity index (χ1) is 9.34. The lowest BCUT2D eigenvalue weighted by Gasteiger charge is -2.34. The van der Waals surface area contributed by atoms with Gasteiger partial charge in [0, 0.05) is 35.7 Å². The Morgan fingerprint density at radius 3 is 2.89 bits per heavy atom. The summed E-state index contributed by atoms with van der Waals surface area (Å²) in [6, 6.07) is 10.5. The molecule has 3 rings (SSSR count). The molecule has 0 aromatic heterocycles. The van der Waals surface area contributed by atoms with Crippen molar-refractivity contribution < 1.29 is 4.79 Å². The van der Waals surface area contributed by atoms with Gasteiger partial charge in [-0.1, -0.05) is 30.3 Å². The Bertz CT molecular complexity index is 434. The van der Waals surface area contributed by atoms with Crippen molar-refractivity contribution in [2.24, 2.45) is 0 Å². The summed E-state index contributed by atoms with van der Waals surface area (Å²) < 4.78 is 0. The Balaban J connectivity index is 1.66. The molecule has 0 spiro atoms. The second-order valence-corrected chi connectivity index (χ2v) is 7.17. The summed E-state index contributed by atoms with van der Waals surface area (Å²) in [7, 11) is 0. The van der Waals surface area contributed by atoms with Gasteiger partial charge in [-0.2, -0.15) is 11.8 Å². The molecule has 2 unspecified atom stereocenters. The number of carbonyl (C=O) groups is 1. The zero-order chi connectivity index (χ0) is 13.1. The van der Waals surface area contributed by atoms with Crippen molar-refractivity contribution in [2.45, 2.75) is 11.3 Å². The predicted octanol–water partition coefficient (Wildman–Crippen LogP) is 1.97. The average molecular weight is 294 g/mol. The van der Waals surface area contributed by atoms with Crippen LogP contribution in [-0.2, 0) is 4.79 Å². The fourth-order valence-corrected chi connectivity index (χ4v) is 4.67. The van der Waals surface area contributed by atoms with Crippen molar-refractivity contribution in [3.8, 4) is 0 Å². The third-order valence-electron chi connectivity index (χ3n) is 3.56. The van der Waals surface area contributed by atoms with Gasteiger partial charge >= 0.3 is 0 Å². The van der Waals surface area contributed by atoms with E-state index in [0.717, 1.165) is 30.5 Å². The van der Waals surface area contributed by atoms with Crippen LogP contribution in [0.1, 0.15) is 10.8 Å². The number of nitrogens with one attached hydrogen (secondary N) is 1. The van der Waals surface area contributed by atoms with Gasteiger partial charge in [-0.25, -0.2) is 0 Å². The van der Waals surface area contributed by atoms with Crippen LogP contribution in [0.5, 0.6) is 0 Å². The fraction of sp³-hybridized carbons (Fsp3) is 0.500. The fourth-order valence-electron chi connectivity index (χ4n) is 2.49. The molecule has 3 nitrogen and oxygen atoms in total. The highest BCUT2D eigenvalue weighted by Gasteiger charge is 2.31. The van der Waals surface area contributed by atoms with Crippen LogP contribution in [0, 0.1) is 0 Å². The van der Waals surface area contributed by atoms with E-state index in [-0.39, 0.29) is 11.9 Å². The van der Waals surface area contributed by atoms with Gasteiger partial charge in [-0.05, 0) is 5.56 Å². The van der Waals surface area contributed by atoms with Crippen LogP contribution in [0.2, 0.25) is 0 Å². The second kappa shape index (κ2) is 6.20. The lowest BCUT2D eigenvalue weighted by molar-refractivity contribution is -0.132. The molecule has 2 aliphatic heterocycles. The number of thioether (sulfide) groups is 2. The maximum absolute atomic E-state index is 12.4. The quantitative estimate of drug-likeness (QED) is 0.904. The monoisotopic (exact) mass is 294 g/mol. The van der Waals surface area contributed by atoms with Crippen LogP contribution in [-0.4, -0.2) is 47.3 Å². The highest BCUT2D eigenvalue weighted by Crippen LogP contribution is 2.33. The van der Waals surface area contributed by atoms with Crippen LogP contribution in [0.3, 0.4) is 0 Å². The number of hydrogen-bond donors (Lipinski definition) is 1. The summed E-state index contributed by atoms with van der Waals surface area (Å²) >= 11 is 3.77. The molecule has 2 aliphatic rings. The van der Waals surface area contributed by atoms with E-state index in [0.29, 0.717) is 5.25 Å². The Hall–Kier alpha value is -0.650. The molecule has 0 radical (unpaired) electrons. The molecule has 1 amide bonds. The van der Waals surface area contributed by atoms with Crippen molar-refractivity contribution in [3.05, 3.63) is 35.9 Å². The third kappa shape index (κ3) is 3.09. The summed E-state index contributed by atoms with van der Waals surface area (Å²) in [5, 5.41) is 3.70. The highest BCUT2D eigenvalue weighted by atomic mass is 32.2.